The molecule has 0 aliphatic rings. The SMILES string of the molecule is CCc1cc(Cl)ccc1C(Cl)C(C)=O. The molecule has 1 aromatic rings. The third-order valence-electron chi connectivity index (χ3n) is 2.12. The molecular formula is C11H12Cl2O. The van der Waals surface area contributed by atoms with Crippen LogP contribution in [0.15, 0.2) is 18.2 Å². The molecule has 3 heteroatoms. The van der Waals surface area contributed by atoms with Gasteiger partial charge in [-0.2, -0.15) is 0 Å². The highest BCUT2D eigenvalue weighted by molar-refractivity contribution is 6.32. The molecule has 0 bridgehead atoms. The molecule has 1 atom stereocenters. The van der Waals surface area contributed by atoms with Crippen LogP contribution in [0.25, 0.3) is 0 Å². The van der Waals surface area contributed by atoms with E-state index >= 15 is 0 Å². The number of benzene rings is 1. The van der Waals surface area contributed by atoms with Crippen molar-refractivity contribution in [2.75, 3.05) is 0 Å². The lowest BCUT2D eigenvalue weighted by atomic mass is 10.0. The van der Waals surface area contributed by atoms with E-state index < -0.39 is 5.38 Å². The van der Waals surface area contributed by atoms with Gasteiger partial charge in [-0.05, 0) is 36.6 Å². The molecule has 0 N–H and O–H groups in total. The Kier molecular flexibility index (Phi) is 3.97. The van der Waals surface area contributed by atoms with Crippen molar-refractivity contribution < 1.29 is 4.79 Å². The minimum absolute atomic E-state index is 0.0383. The molecule has 0 aliphatic heterocycles. The number of rotatable bonds is 3. The lowest BCUT2D eigenvalue weighted by Gasteiger charge is -2.11. The predicted molar refractivity (Wildman–Crippen MR) is 60.1 cm³/mol. The number of ketones is 1. The number of hydrogen-bond donors (Lipinski definition) is 0. The maximum atomic E-state index is 11.1. The van der Waals surface area contributed by atoms with E-state index in [0.717, 1.165) is 17.5 Å². The van der Waals surface area contributed by atoms with Crippen LogP contribution in [-0.2, 0) is 11.2 Å². The van der Waals surface area contributed by atoms with Crippen LogP contribution < -0.4 is 0 Å². The average molecular weight is 231 g/mol. The van der Waals surface area contributed by atoms with Crippen LogP contribution >= 0.6 is 23.2 Å². The maximum absolute atomic E-state index is 11.1. The Morgan fingerprint density at radius 1 is 1.50 bits per heavy atom. The first-order chi connectivity index (χ1) is 6.56. The van der Waals surface area contributed by atoms with E-state index in [4.69, 9.17) is 23.2 Å². The summed E-state index contributed by atoms with van der Waals surface area (Å²) in [4.78, 5) is 11.1. The zero-order chi connectivity index (χ0) is 10.7. The fraction of sp³-hybridized carbons (Fsp3) is 0.364. The minimum Gasteiger partial charge on any atom is -0.298 e. The van der Waals surface area contributed by atoms with E-state index in [-0.39, 0.29) is 5.78 Å². The van der Waals surface area contributed by atoms with Gasteiger partial charge in [0, 0.05) is 5.02 Å². The van der Waals surface area contributed by atoms with Crippen molar-refractivity contribution in [1.82, 2.24) is 0 Å². The van der Waals surface area contributed by atoms with Crippen molar-refractivity contribution in [2.24, 2.45) is 0 Å². The fourth-order valence-electron chi connectivity index (χ4n) is 1.35. The highest BCUT2D eigenvalue weighted by atomic mass is 35.5. The third kappa shape index (κ3) is 2.49. The summed E-state index contributed by atoms with van der Waals surface area (Å²) < 4.78 is 0. The van der Waals surface area contributed by atoms with Crippen molar-refractivity contribution in [3.8, 4) is 0 Å². The van der Waals surface area contributed by atoms with Gasteiger partial charge in [0.2, 0.25) is 0 Å². The summed E-state index contributed by atoms with van der Waals surface area (Å²) in [7, 11) is 0. The average Bonchev–Trinajstić information content (AvgIpc) is 2.16. The monoisotopic (exact) mass is 230 g/mol. The van der Waals surface area contributed by atoms with Crippen molar-refractivity contribution in [3.63, 3.8) is 0 Å². The zero-order valence-electron chi connectivity index (χ0n) is 8.18. The van der Waals surface area contributed by atoms with Gasteiger partial charge < -0.3 is 0 Å². The van der Waals surface area contributed by atoms with Crippen LogP contribution in [0, 0.1) is 0 Å². The maximum Gasteiger partial charge on any atom is 0.152 e. The van der Waals surface area contributed by atoms with Crippen LogP contribution in [-0.4, -0.2) is 5.78 Å². The van der Waals surface area contributed by atoms with Crippen LogP contribution in [0.3, 0.4) is 0 Å². The van der Waals surface area contributed by atoms with E-state index in [1.807, 2.05) is 19.1 Å². The van der Waals surface area contributed by atoms with Gasteiger partial charge in [0.25, 0.3) is 0 Å². The van der Waals surface area contributed by atoms with Crippen LogP contribution in [0.2, 0.25) is 5.02 Å². The Balaban J connectivity index is 3.13. The van der Waals surface area contributed by atoms with Crippen molar-refractivity contribution in [3.05, 3.63) is 34.3 Å². The normalized spacial score (nSPS) is 12.6. The topological polar surface area (TPSA) is 17.1 Å². The van der Waals surface area contributed by atoms with Gasteiger partial charge in [-0.15, -0.1) is 11.6 Å². The predicted octanol–water partition coefficient (Wildman–Crippen LogP) is 3.77. The molecular weight excluding hydrogens is 219 g/mol. The molecule has 1 unspecified atom stereocenters. The second kappa shape index (κ2) is 4.81. The van der Waals surface area contributed by atoms with Crippen molar-refractivity contribution in [1.29, 1.82) is 0 Å². The van der Waals surface area contributed by atoms with Crippen LogP contribution in [0.1, 0.15) is 30.4 Å². The molecule has 1 rings (SSSR count). The van der Waals surface area contributed by atoms with Gasteiger partial charge in [0.1, 0.15) is 5.38 Å². The molecule has 0 saturated heterocycles. The molecule has 0 spiro atoms. The van der Waals surface area contributed by atoms with Crippen LogP contribution in [0.5, 0.6) is 0 Å². The van der Waals surface area contributed by atoms with Gasteiger partial charge >= 0.3 is 0 Å². The molecule has 0 aromatic heterocycles. The molecule has 0 radical (unpaired) electrons. The second-order valence-electron chi connectivity index (χ2n) is 3.17. The molecule has 0 fully saturated rings. The lowest BCUT2D eigenvalue weighted by Crippen LogP contribution is -2.04. The first-order valence-electron chi connectivity index (χ1n) is 4.49. The standard InChI is InChI=1S/C11H12Cl2O/c1-3-8-6-9(12)4-5-10(8)11(13)7(2)14/h4-6,11H,3H2,1-2H3. The molecule has 1 aromatic carbocycles. The number of hydrogen-bond acceptors (Lipinski definition) is 1. The molecule has 0 heterocycles. The summed E-state index contributed by atoms with van der Waals surface area (Å²) in [5.41, 5.74) is 1.90. The highest BCUT2D eigenvalue weighted by Crippen LogP contribution is 2.27. The summed E-state index contributed by atoms with van der Waals surface area (Å²) >= 11 is 11.8. The minimum atomic E-state index is -0.554. The lowest BCUT2D eigenvalue weighted by molar-refractivity contribution is -0.116. The number of alkyl halides is 1. The quantitative estimate of drug-likeness (QED) is 0.723. The molecule has 0 saturated carbocycles. The van der Waals surface area contributed by atoms with E-state index in [0.29, 0.717) is 5.02 Å². The Morgan fingerprint density at radius 2 is 2.14 bits per heavy atom. The Hall–Kier alpha value is -0.530. The number of carbonyl (C=O) groups excluding carboxylic acids is 1. The first kappa shape index (κ1) is 11.5. The van der Waals surface area contributed by atoms with Crippen molar-refractivity contribution in [2.45, 2.75) is 25.6 Å². The first-order valence-corrected chi connectivity index (χ1v) is 5.30. The summed E-state index contributed by atoms with van der Waals surface area (Å²) in [5, 5.41) is 0.125. The Morgan fingerprint density at radius 3 is 2.64 bits per heavy atom. The molecule has 76 valence electrons. The van der Waals surface area contributed by atoms with Crippen molar-refractivity contribution >= 4 is 29.0 Å². The van der Waals surface area contributed by atoms with E-state index in [9.17, 15) is 4.79 Å². The number of aryl methyl sites for hydroxylation is 1. The summed E-state index contributed by atoms with van der Waals surface area (Å²) in [6.45, 7) is 3.50. The number of halogens is 2. The third-order valence-corrected chi connectivity index (χ3v) is 2.89. The molecule has 14 heavy (non-hydrogen) atoms. The molecule has 1 nitrogen and oxygen atoms in total. The van der Waals surface area contributed by atoms with E-state index in [1.54, 1.807) is 6.07 Å². The summed E-state index contributed by atoms with van der Waals surface area (Å²) in [5.74, 6) is -0.0383. The largest absolute Gasteiger partial charge is 0.298 e. The Labute approximate surface area is 94.0 Å². The second-order valence-corrected chi connectivity index (χ2v) is 4.04. The van der Waals surface area contributed by atoms with Gasteiger partial charge in [-0.3, -0.25) is 4.79 Å². The Bertz CT molecular complexity index is 347. The number of carbonyl (C=O) groups is 1. The summed E-state index contributed by atoms with van der Waals surface area (Å²) in [6, 6.07) is 5.43. The molecule has 0 amide bonds. The fourth-order valence-corrected chi connectivity index (χ4v) is 1.75. The summed E-state index contributed by atoms with van der Waals surface area (Å²) in [6.07, 6.45) is 0.826. The van der Waals surface area contributed by atoms with Gasteiger partial charge in [0.15, 0.2) is 5.78 Å². The van der Waals surface area contributed by atoms with Gasteiger partial charge in [-0.1, -0.05) is 24.6 Å². The number of Topliss-reactive ketones (excluding diaryl/α,β-unsaturated/α-hetero) is 1. The zero-order valence-corrected chi connectivity index (χ0v) is 9.69. The van der Waals surface area contributed by atoms with E-state index in [1.165, 1.54) is 6.92 Å². The van der Waals surface area contributed by atoms with E-state index in [2.05, 4.69) is 0 Å². The van der Waals surface area contributed by atoms with Gasteiger partial charge in [0.05, 0.1) is 0 Å². The molecule has 0 aliphatic carbocycles. The smallest absolute Gasteiger partial charge is 0.152 e. The van der Waals surface area contributed by atoms with Crippen LogP contribution in [0.4, 0.5) is 0 Å². The van der Waals surface area contributed by atoms with Gasteiger partial charge in [-0.25, -0.2) is 0 Å². The highest BCUT2D eigenvalue weighted by Gasteiger charge is 2.16.